The maximum Gasteiger partial charge on any atom is 0.573 e. The molecule has 0 radical (unpaired) electrons. The zero-order chi connectivity index (χ0) is 35.8. The van der Waals surface area contributed by atoms with Crippen LogP contribution in [0.25, 0.3) is 44.1 Å². The minimum atomic E-state index is -4.82. The zero-order valence-electron chi connectivity index (χ0n) is 26.8. The van der Waals surface area contributed by atoms with Gasteiger partial charge in [0, 0.05) is 53.2 Å². The molecule has 0 fully saturated rings. The average Bonchev–Trinajstić information content (AvgIpc) is 3.04. The molecule has 0 spiro atoms. The quantitative estimate of drug-likeness (QED) is 0.117. The summed E-state index contributed by atoms with van der Waals surface area (Å²) in [5.74, 6) is -1.20. The number of hydrogen-bond donors (Lipinski definition) is 0. The second kappa shape index (κ2) is 13.3. The van der Waals surface area contributed by atoms with Gasteiger partial charge in [-0.15, -0.1) is 26.3 Å². The van der Waals surface area contributed by atoms with Gasteiger partial charge in [0.25, 0.3) is 0 Å². The third-order valence-electron chi connectivity index (χ3n) is 8.18. The fourth-order valence-electron chi connectivity index (χ4n) is 6.26. The number of aromatic nitrogens is 2. The molecule has 2 heterocycles. The van der Waals surface area contributed by atoms with Crippen molar-refractivity contribution in [1.82, 2.24) is 9.97 Å². The molecule has 0 amide bonds. The molecule has 0 saturated heterocycles. The van der Waals surface area contributed by atoms with Crippen molar-refractivity contribution in [3.8, 4) is 33.8 Å². The van der Waals surface area contributed by atoms with E-state index in [1.807, 2.05) is 38.1 Å². The number of rotatable bonds is 8. The van der Waals surface area contributed by atoms with E-state index < -0.39 is 24.8 Å². The lowest BCUT2D eigenvalue weighted by atomic mass is 9.87. The molecule has 50 heavy (non-hydrogen) atoms. The first-order valence-electron chi connectivity index (χ1n) is 15.3. The van der Waals surface area contributed by atoms with E-state index in [-0.39, 0.29) is 17.9 Å². The fourth-order valence-corrected chi connectivity index (χ4v) is 6.26. The number of pyridine rings is 2. The van der Waals surface area contributed by atoms with E-state index in [9.17, 15) is 31.1 Å². The van der Waals surface area contributed by atoms with Crippen LogP contribution in [-0.2, 0) is 16.0 Å². The van der Waals surface area contributed by atoms with Crippen LogP contribution in [0.3, 0.4) is 0 Å². The lowest BCUT2D eigenvalue weighted by Gasteiger charge is -2.24. The van der Waals surface area contributed by atoms with Crippen molar-refractivity contribution in [2.75, 3.05) is 0 Å². The van der Waals surface area contributed by atoms with E-state index in [1.54, 1.807) is 24.5 Å². The van der Waals surface area contributed by atoms with Crippen LogP contribution in [0.15, 0.2) is 97.3 Å². The first kappa shape index (κ1) is 34.2. The number of carbonyl (C=O) groups is 1. The molecule has 6 aromatic rings. The highest BCUT2D eigenvalue weighted by Crippen LogP contribution is 2.41. The van der Waals surface area contributed by atoms with E-state index >= 15 is 0 Å². The van der Waals surface area contributed by atoms with Crippen molar-refractivity contribution in [3.05, 3.63) is 120 Å². The van der Waals surface area contributed by atoms with Gasteiger partial charge >= 0.3 is 18.7 Å². The van der Waals surface area contributed by atoms with Crippen molar-refractivity contribution in [2.45, 2.75) is 46.0 Å². The monoisotopic (exact) mass is 690 g/mol. The van der Waals surface area contributed by atoms with Gasteiger partial charge in [-0.05, 0) is 90.2 Å². The number of alkyl halides is 6. The van der Waals surface area contributed by atoms with E-state index in [0.717, 1.165) is 22.1 Å². The maximum atomic E-state index is 12.8. The second-order valence-corrected chi connectivity index (χ2v) is 11.6. The van der Waals surface area contributed by atoms with Crippen molar-refractivity contribution in [3.63, 3.8) is 0 Å². The molecule has 256 valence electrons. The third kappa shape index (κ3) is 7.49. The number of carbonyl (C=O) groups excluding carboxylic acids is 1. The molecule has 0 aliphatic rings. The molecule has 0 aliphatic carbocycles. The Morgan fingerprint density at radius 1 is 0.680 bits per heavy atom. The molecule has 6 nitrogen and oxygen atoms in total. The largest absolute Gasteiger partial charge is 0.573 e. The van der Waals surface area contributed by atoms with Crippen LogP contribution in [0.1, 0.15) is 35.3 Å². The summed E-state index contributed by atoms with van der Waals surface area (Å²) in [5.41, 5.74) is 6.95. The minimum absolute atomic E-state index is 0.250. The van der Waals surface area contributed by atoms with Crippen LogP contribution in [0.4, 0.5) is 26.3 Å². The number of hydrogen-bond acceptors (Lipinski definition) is 6. The van der Waals surface area contributed by atoms with Crippen LogP contribution in [-0.4, -0.2) is 28.7 Å². The Balaban J connectivity index is 1.43. The Morgan fingerprint density at radius 2 is 1.14 bits per heavy atom. The molecule has 1 atom stereocenters. The third-order valence-corrected chi connectivity index (χ3v) is 8.18. The van der Waals surface area contributed by atoms with Gasteiger partial charge in [0.1, 0.15) is 17.6 Å². The van der Waals surface area contributed by atoms with Crippen molar-refractivity contribution in [2.24, 2.45) is 0 Å². The summed E-state index contributed by atoms with van der Waals surface area (Å²) in [6.45, 7) is 5.09. The van der Waals surface area contributed by atoms with Gasteiger partial charge in [-0.3, -0.25) is 14.8 Å². The first-order chi connectivity index (χ1) is 23.7. The van der Waals surface area contributed by atoms with Crippen molar-refractivity contribution >= 4 is 27.8 Å². The number of nitrogens with zero attached hydrogens (tertiary/aromatic N) is 2. The maximum absolute atomic E-state index is 12.8. The topological polar surface area (TPSA) is 70.5 Å². The lowest BCUT2D eigenvalue weighted by Crippen LogP contribution is -2.17. The zero-order valence-corrected chi connectivity index (χ0v) is 26.8. The standard InChI is InChI=1S/C38H28F6N2O4/c1-21-18-31(24-8-12-26(13-9-24)49-37(39,40)41)35-28(6-4-16-45-35)30(21)20-33(48-23(3)47)34-22(2)19-32(36-29(34)7-5-17-46-36)25-10-14-27(15-11-25)50-38(42,43)44/h4-19,33H,20H2,1-3H3. The highest BCUT2D eigenvalue weighted by molar-refractivity contribution is 5.98. The molecular weight excluding hydrogens is 662 g/mol. The predicted octanol–water partition coefficient (Wildman–Crippen LogP) is 10.4. The fraction of sp³-hybridized carbons (Fsp3) is 0.184. The van der Waals surface area contributed by atoms with Crippen molar-refractivity contribution in [1.29, 1.82) is 0 Å². The van der Waals surface area contributed by atoms with Crippen LogP contribution >= 0.6 is 0 Å². The number of aryl methyl sites for hydroxylation is 2. The van der Waals surface area contributed by atoms with E-state index in [4.69, 9.17) is 4.74 Å². The molecule has 1 unspecified atom stereocenters. The molecule has 0 N–H and O–H groups in total. The Labute approximate surface area is 282 Å². The normalized spacial score (nSPS) is 12.6. The summed E-state index contributed by atoms with van der Waals surface area (Å²) < 4.78 is 90.5. The Kier molecular flexibility index (Phi) is 9.13. The van der Waals surface area contributed by atoms with Crippen LogP contribution in [0.2, 0.25) is 0 Å². The highest BCUT2D eigenvalue weighted by atomic mass is 19.4. The van der Waals surface area contributed by atoms with Crippen LogP contribution in [0.5, 0.6) is 11.5 Å². The van der Waals surface area contributed by atoms with Gasteiger partial charge in [0.15, 0.2) is 0 Å². The van der Waals surface area contributed by atoms with Gasteiger partial charge in [0.2, 0.25) is 0 Å². The predicted molar refractivity (Wildman–Crippen MR) is 175 cm³/mol. The lowest BCUT2D eigenvalue weighted by molar-refractivity contribution is -0.275. The molecule has 0 aliphatic heterocycles. The van der Waals surface area contributed by atoms with Gasteiger partial charge in [0.05, 0.1) is 11.0 Å². The summed E-state index contributed by atoms with van der Waals surface area (Å²) in [5, 5.41) is 1.47. The molecule has 6 rings (SSSR count). The molecular formula is C38H28F6N2O4. The van der Waals surface area contributed by atoms with Crippen molar-refractivity contribution < 1.29 is 45.3 Å². The second-order valence-electron chi connectivity index (χ2n) is 11.6. The SMILES string of the molecule is CC(=O)OC(Cc1c(C)cc(-c2ccc(OC(F)(F)F)cc2)c2ncccc12)c1c(C)cc(-c2ccc(OC(F)(F)F)cc2)c2ncccc12. The summed E-state index contributed by atoms with van der Waals surface area (Å²) in [6.07, 6.45) is -6.92. The van der Waals surface area contributed by atoms with Gasteiger partial charge < -0.3 is 14.2 Å². The van der Waals surface area contributed by atoms with E-state index in [1.165, 1.54) is 55.5 Å². The summed E-state index contributed by atoms with van der Waals surface area (Å²) in [7, 11) is 0. The molecule has 0 saturated carbocycles. The molecule has 0 bridgehead atoms. The average molecular weight is 691 g/mol. The Hall–Kier alpha value is -5.65. The van der Waals surface area contributed by atoms with Gasteiger partial charge in [-0.25, -0.2) is 0 Å². The Bertz CT molecular complexity index is 2200. The number of esters is 1. The summed E-state index contributed by atoms with van der Waals surface area (Å²) in [4.78, 5) is 21.8. The number of benzene rings is 4. The highest BCUT2D eigenvalue weighted by Gasteiger charge is 2.32. The number of halogens is 6. The van der Waals surface area contributed by atoms with E-state index in [2.05, 4.69) is 19.4 Å². The summed E-state index contributed by atoms with van der Waals surface area (Å²) >= 11 is 0. The minimum Gasteiger partial charge on any atom is -0.457 e. The molecule has 4 aromatic carbocycles. The van der Waals surface area contributed by atoms with E-state index in [0.29, 0.717) is 44.2 Å². The smallest absolute Gasteiger partial charge is 0.457 e. The first-order valence-corrected chi connectivity index (χ1v) is 15.3. The molecule has 12 heteroatoms. The Morgan fingerprint density at radius 3 is 1.62 bits per heavy atom. The van der Waals surface area contributed by atoms with Crippen LogP contribution < -0.4 is 9.47 Å². The van der Waals surface area contributed by atoms with Crippen LogP contribution in [0, 0.1) is 13.8 Å². The van der Waals surface area contributed by atoms with Gasteiger partial charge in [-0.1, -0.05) is 36.4 Å². The number of ether oxygens (including phenoxy) is 3. The van der Waals surface area contributed by atoms with Gasteiger partial charge in [-0.2, -0.15) is 0 Å². The summed E-state index contributed by atoms with van der Waals surface area (Å²) in [6, 6.07) is 22.1. The number of fused-ring (bicyclic) bond motifs is 2. The molecule has 2 aromatic heterocycles.